The van der Waals surface area contributed by atoms with Crippen LogP contribution in [-0.4, -0.2) is 9.78 Å². The van der Waals surface area contributed by atoms with E-state index in [4.69, 9.17) is 5.73 Å². The average Bonchev–Trinajstić information content (AvgIpc) is 2.44. The maximum Gasteiger partial charge on any atom is 0.124 e. The molecule has 0 saturated heterocycles. The zero-order chi connectivity index (χ0) is 12.5. The number of anilines is 1. The van der Waals surface area contributed by atoms with Gasteiger partial charge in [-0.2, -0.15) is 5.10 Å². The Bertz CT molecular complexity index is 350. The number of hydrogen-bond donors (Lipinski definition) is 1. The molecule has 16 heavy (non-hydrogen) atoms. The highest BCUT2D eigenvalue weighted by atomic mass is 15.3. The Morgan fingerprint density at radius 3 is 2.19 bits per heavy atom. The van der Waals surface area contributed by atoms with Gasteiger partial charge in [-0.25, -0.2) is 0 Å². The maximum atomic E-state index is 6.09. The third-order valence-electron chi connectivity index (χ3n) is 3.27. The summed E-state index contributed by atoms with van der Waals surface area (Å²) in [5.74, 6) is 2.51. The fourth-order valence-electron chi connectivity index (χ4n) is 1.90. The summed E-state index contributed by atoms with van der Waals surface area (Å²) in [5.41, 5.74) is 8.52. The Morgan fingerprint density at radius 1 is 1.19 bits per heavy atom. The summed E-state index contributed by atoms with van der Waals surface area (Å²) >= 11 is 0. The standard InChI is InChI=1S/C13H25N3/c1-8(2)7-11-12(10(5)9(3)4)15-16(6)13(11)14/h8-10H,7,14H2,1-6H3. The molecule has 0 aliphatic carbocycles. The molecule has 1 aromatic rings. The van der Waals surface area contributed by atoms with E-state index < -0.39 is 0 Å². The van der Waals surface area contributed by atoms with Gasteiger partial charge >= 0.3 is 0 Å². The number of aromatic nitrogens is 2. The van der Waals surface area contributed by atoms with E-state index in [-0.39, 0.29) is 0 Å². The summed E-state index contributed by atoms with van der Waals surface area (Å²) < 4.78 is 1.81. The van der Waals surface area contributed by atoms with Gasteiger partial charge in [0.15, 0.2) is 0 Å². The Kier molecular flexibility index (Phi) is 4.00. The molecule has 1 rings (SSSR count). The van der Waals surface area contributed by atoms with Gasteiger partial charge in [0, 0.05) is 18.5 Å². The molecule has 0 saturated carbocycles. The second-order valence-corrected chi connectivity index (χ2v) is 5.50. The molecule has 3 nitrogen and oxygen atoms in total. The van der Waals surface area contributed by atoms with E-state index in [2.05, 4.69) is 39.7 Å². The van der Waals surface area contributed by atoms with Crippen LogP contribution in [-0.2, 0) is 13.5 Å². The second kappa shape index (κ2) is 4.89. The van der Waals surface area contributed by atoms with Crippen LogP contribution in [0.3, 0.4) is 0 Å². The van der Waals surface area contributed by atoms with E-state index in [1.807, 2.05) is 11.7 Å². The van der Waals surface area contributed by atoms with Crippen molar-refractivity contribution in [3.8, 4) is 0 Å². The molecule has 1 unspecified atom stereocenters. The molecule has 0 fully saturated rings. The molecule has 92 valence electrons. The number of rotatable bonds is 4. The van der Waals surface area contributed by atoms with Crippen molar-refractivity contribution in [3.05, 3.63) is 11.3 Å². The van der Waals surface area contributed by atoms with E-state index in [1.54, 1.807) is 0 Å². The topological polar surface area (TPSA) is 43.8 Å². The molecule has 0 bridgehead atoms. The van der Waals surface area contributed by atoms with Crippen molar-refractivity contribution in [1.82, 2.24) is 9.78 Å². The fraction of sp³-hybridized carbons (Fsp3) is 0.769. The van der Waals surface area contributed by atoms with Crippen LogP contribution < -0.4 is 5.73 Å². The number of nitrogens with zero attached hydrogens (tertiary/aromatic N) is 2. The van der Waals surface area contributed by atoms with Crippen molar-refractivity contribution in [3.63, 3.8) is 0 Å². The van der Waals surface area contributed by atoms with E-state index in [9.17, 15) is 0 Å². The van der Waals surface area contributed by atoms with E-state index in [0.29, 0.717) is 17.8 Å². The van der Waals surface area contributed by atoms with Crippen LogP contribution in [0.15, 0.2) is 0 Å². The number of nitrogen functional groups attached to an aromatic ring is 1. The van der Waals surface area contributed by atoms with E-state index >= 15 is 0 Å². The third kappa shape index (κ3) is 2.57. The molecule has 0 aromatic carbocycles. The van der Waals surface area contributed by atoms with E-state index in [1.165, 1.54) is 11.3 Å². The Balaban J connectivity index is 3.12. The lowest BCUT2D eigenvalue weighted by atomic mass is 9.89. The first-order valence-corrected chi connectivity index (χ1v) is 6.15. The number of hydrogen-bond acceptors (Lipinski definition) is 2. The molecule has 1 aromatic heterocycles. The largest absolute Gasteiger partial charge is 0.384 e. The normalized spacial score (nSPS) is 13.8. The van der Waals surface area contributed by atoms with Crippen LogP contribution in [0.2, 0.25) is 0 Å². The minimum atomic E-state index is 0.470. The smallest absolute Gasteiger partial charge is 0.124 e. The summed E-state index contributed by atoms with van der Waals surface area (Å²) in [7, 11) is 1.93. The molecule has 1 atom stereocenters. The lowest BCUT2D eigenvalue weighted by molar-refractivity contribution is 0.509. The summed E-state index contributed by atoms with van der Waals surface area (Å²) in [6.07, 6.45) is 1.02. The summed E-state index contributed by atoms with van der Waals surface area (Å²) in [6.45, 7) is 11.1. The van der Waals surface area contributed by atoms with Crippen molar-refractivity contribution >= 4 is 5.82 Å². The zero-order valence-electron chi connectivity index (χ0n) is 11.4. The highest BCUT2D eigenvalue weighted by Crippen LogP contribution is 2.30. The van der Waals surface area contributed by atoms with Gasteiger partial charge in [-0.1, -0.05) is 34.6 Å². The van der Waals surface area contributed by atoms with Crippen LogP contribution >= 0.6 is 0 Å². The molecule has 0 amide bonds. The van der Waals surface area contributed by atoms with Crippen LogP contribution in [0.5, 0.6) is 0 Å². The molecule has 0 aliphatic heterocycles. The molecule has 3 heteroatoms. The van der Waals surface area contributed by atoms with Gasteiger partial charge < -0.3 is 5.73 Å². The van der Waals surface area contributed by atoms with Crippen molar-refractivity contribution in [2.45, 2.75) is 47.0 Å². The minimum absolute atomic E-state index is 0.470. The van der Waals surface area contributed by atoms with Gasteiger partial charge in [0.05, 0.1) is 5.69 Å². The molecule has 0 radical (unpaired) electrons. The fourth-order valence-corrected chi connectivity index (χ4v) is 1.90. The predicted octanol–water partition coefficient (Wildman–Crippen LogP) is 2.96. The lowest BCUT2D eigenvalue weighted by Crippen LogP contribution is -2.07. The lowest BCUT2D eigenvalue weighted by Gasteiger charge is -2.15. The van der Waals surface area contributed by atoms with Gasteiger partial charge in [0.1, 0.15) is 5.82 Å². The number of aryl methyl sites for hydroxylation is 1. The first-order valence-electron chi connectivity index (χ1n) is 6.15. The van der Waals surface area contributed by atoms with Gasteiger partial charge in [-0.15, -0.1) is 0 Å². The van der Waals surface area contributed by atoms with Crippen LogP contribution in [0.4, 0.5) is 5.82 Å². The second-order valence-electron chi connectivity index (χ2n) is 5.50. The van der Waals surface area contributed by atoms with Crippen molar-refractivity contribution in [1.29, 1.82) is 0 Å². The van der Waals surface area contributed by atoms with Crippen LogP contribution in [0, 0.1) is 11.8 Å². The van der Waals surface area contributed by atoms with Crippen LogP contribution in [0.25, 0.3) is 0 Å². The molecular formula is C13H25N3. The quantitative estimate of drug-likeness (QED) is 0.853. The maximum absolute atomic E-state index is 6.09. The van der Waals surface area contributed by atoms with Gasteiger partial charge in [0.25, 0.3) is 0 Å². The minimum Gasteiger partial charge on any atom is -0.384 e. The first kappa shape index (κ1) is 13.1. The predicted molar refractivity (Wildman–Crippen MR) is 69.4 cm³/mol. The average molecular weight is 223 g/mol. The monoisotopic (exact) mass is 223 g/mol. The molecule has 0 spiro atoms. The van der Waals surface area contributed by atoms with Gasteiger partial charge in [-0.05, 0) is 18.3 Å². The zero-order valence-corrected chi connectivity index (χ0v) is 11.4. The molecular weight excluding hydrogens is 198 g/mol. The summed E-state index contributed by atoms with van der Waals surface area (Å²) in [4.78, 5) is 0. The first-order chi connectivity index (χ1) is 7.34. The third-order valence-corrected chi connectivity index (χ3v) is 3.27. The summed E-state index contributed by atoms with van der Waals surface area (Å²) in [6, 6.07) is 0. The van der Waals surface area contributed by atoms with Crippen molar-refractivity contribution < 1.29 is 0 Å². The Labute approximate surface area is 99.0 Å². The summed E-state index contributed by atoms with van der Waals surface area (Å²) in [5, 5.41) is 4.58. The van der Waals surface area contributed by atoms with Crippen molar-refractivity contribution in [2.75, 3.05) is 5.73 Å². The number of nitrogens with two attached hydrogens (primary N) is 1. The van der Waals surface area contributed by atoms with Crippen molar-refractivity contribution in [2.24, 2.45) is 18.9 Å². The molecule has 2 N–H and O–H groups in total. The Hall–Kier alpha value is -0.990. The van der Waals surface area contributed by atoms with Gasteiger partial charge in [-0.3, -0.25) is 4.68 Å². The highest BCUT2D eigenvalue weighted by Gasteiger charge is 2.21. The van der Waals surface area contributed by atoms with Crippen LogP contribution in [0.1, 0.15) is 51.8 Å². The molecule has 0 aliphatic rings. The van der Waals surface area contributed by atoms with E-state index in [0.717, 1.165) is 12.2 Å². The Morgan fingerprint density at radius 2 is 1.75 bits per heavy atom. The molecule has 1 heterocycles. The SMILES string of the molecule is CC(C)Cc1c(C(C)C(C)C)nn(C)c1N. The highest BCUT2D eigenvalue weighted by molar-refractivity contribution is 5.45. The van der Waals surface area contributed by atoms with Gasteiger partial charge in [0.2, 0.25) is 0 Å².